The highest BCUT2D eigenvalue weighted by Gasteiger charge is 2.36. The predicted octanol–water partition coefficient (Wildman–Crippen LogP) is 5.45. The Morgan fingerprint density at radius 1 is 1.16 bits per heavy atom. The van der Waals surface area contributed by atoms with Crippen molar-refractivity contribution in [2.45, 2.75) is 27.7 Å². The molecule has 0 unspecified atom stereocenters. The van der Waals surface area contributed by atoms with Crippen molar-refractivity contribution in [3.8, 4) is 5.75 Å². The monoisotopic (exact) mass is 502 g/mol. The number of halogens is 1. The molecule has 2 aromatic carbocycles. The van der Waals surface area contributed by atoms with Crippen LogP contribution in [0.4, 0.5) is 10.5 Å². The van der Waals surface area contributed by atoms with Crippen molar-refractivity contribution in [3.05, 3.63) is 62.0 Å². The van der Waals surface area contributed by atoms with E-state index in [9.17, 15) is 14.4 Å². The molecule has 0 aromatic heterocycles. The van der Waals surface area contributed by atoms with Gasteiger partial charge in [0.15, 0.2) is 0 Å². The second-order valence-corrected chi connectivity index (χ2v) is 9.06. The summed E-state index contributed by atoms with van der Waals surface area (Å²) in [4.78, 5) is 38.9. The zero-order valence-corrected chi connectivity index (χ0v) is 20.1. The number of nitrogens with zero attached hydrogens (tertiary/aromatic N) is 1. The molecule has 0 radical (unpaired) electrons. The molecule has 0 bridgehead atoms. The second kappa shape index (κ2) is 9.70. The first kappa shape index (κ1) is 23.1. The number of anilines is 1. The zero-order chi connectivity index (χ0) is 22.7. The van der Waals surface area contributed by atoms with Crippen LogP contribution in [0.1, 0.15) is 29.2 Å². The molecule has 0 spiro atoms. The third-order valence-corrected chi connectivity index (χ3v) is 6.20. The van der Waals surface area contributed by atoms with E-state index in [-0.39, 0.29) is 11.4 Å². The van der Waals surface area contributed by atoms with E-state index in [2.05, 4.69) is 21.2 Å². The number of amides is 3. The lowest BCUT2D eigenvalue weighted by molar-refractivity contribution is -0.127. The van der Waals surface area contributed by atoms with E-state index in [0.29, 0.717) is 18.0 Å². The van der Waals surface area contributed by atoms with Crippen molar-refractivity contribution < 1.29 is 19.1 Å². The number of hydrogen-bond donors (Lipinski definition) is 1. The van der Waals surface area contributed by atoms with Gasteiger partial charge in [0.2, 0.25) is 5.91 Å². The van der Waals surface area contributed by atoms with Crippen LogP contribution in [-0.2, 0) is 9.59 Å². The minimum atomic E-state index is -0.479. The van der Waals surface area contributed by atoms with Crippen molar-refractivity contribution in [3.63, 3.8) is 0 Å². The number of carbonyl (C=O) groups is 3. The molecule has 1 aliphatic heterocycles. The molecule has 8 heteroatoms. The van der Waals surface area contributed by atoms with Crippen molar-refractivity contribution in [1.29, 1.82) is 0 Å². The molecule has 1 N–H and O–H groups in total. The fraction of sp³-hybridized carbons (Fsp3) is 0.261. The molecular weight excluding hydrogens is 480 g/mol. The number of ether oxygens (including phenoxy) is 1. The van der Waals surface area contributed by atoms with E-state index in [1.54, 1.807) is 18.2 Å². The molecule has 6 nitrogen and oxygen atoms in total. The summed E-state index contributed by atoms with van der Waals surface area (Å²) < 4.78 is 6.24. The Kier molecular flexibility index (Phi) is 7.23. The summed E-state index contributed by atoms with van der Waals surface area (Å²) in [5, 5.41) is 2.37. The number of hydrogen-bond acceptors (Lipinski definition) is 5. The van der Waals surface area contributed by atoms with Crippen molar-refractivity contribution >= 4 is 56.5 Å². The number of rotatable bonds is 6. The van der Waals surface area contributed by atoms with Crippen LogP contribution < -0.4 is 10.1 Å². The lowest BCUT2D eigenvalue weighted by Gasteiger charge is -2.15. The highest BCUT2D eigenvalue weighted by atomic mass is 79.9. The standard InChI is InChI=1S/C23H23BrN2O4S/c1-5-30-18-7-6-16(10-17(18)24)11-19-22(28)26(23(29)31-19)12-20(27)25-21-14(3)8-13(2)9-15(21)4/h6-11H,5,12H2,1-4H3,(H,25,27)/b19-11-. The fourth-order valence-corrected chi connectivity index (χ4v) is 4.72. The van der Waals surface area contributed by atoms with Gasteiger partial charge in [0.1, 0.15) is 12.3 Å². The van der Waals surface area contributed by atoms with Gasteiger partial charge in [0.05, 0.1) is 16.0 Å². The highest BCUT2D eigenvalue weighted by Crippen LogP contribution is 2.34. The van der Waals surface area contributed by atoms with E-state index in [1.807, 2.05) is 45.9 Å². The van der Waals surface area contributed by atoms with Gasteiger partial charge in [-0.2, -0.15) is 0 Å². The molecule has 1 aliphatic rings. The average Bonchev–Trinajstić information content (AvgIpc) is 2.94. The van der Waals surface area contributed by atoms with Crippen molar-refractivity contribution in [2.24, 2.45) is 0 Å². The summed E-state index contributed by atoms with van der Waals surface area (Å²) in [7, 11) is 0. The maximum absolute atomic E-state index is 12.7. The minimum absolute atomic E-state index is 0.275. The topological polar surface area (TPSA) is 75.7 Å². The van der Waals surface area contributed by atoms with Crippen LogP contribution in [0.15, 0.2) is 39.7 Å². The van der Waals surface area contributed by atoms with Crippen molar-refractivity contribution in [2.75, 3.05) is 18.5 Å². The molecule has 1 heterocycles. The molecule has 1 fully saturated rings. The van der Waals surface area contributed by atoms with Crippen LogP contribution in [0.3, 0.4) is 0 Å². The first-order valence-corrected chi connectivity index (χ1v) is 11.4. The summed E-state index contributed by atoms with van der Waals surface area (Å²) in [6.45, 7) is 7.91. The SMILES string of the molecule is CCOc1ccc(/C=C2\SC(=O)N(CC(=O)Nc3c(C)cc(C)cc3C)C2=O)cc1Br. The summed E-state index contributed by atoms with van der Waals surface area (Å²) >= 11 is 4.27. The molecule has 162 valence electrons. The molecule has 0 saturated carbocycles. The van der Waals surface area contributed by atoms with Gasteiger partial charge >= 0.3 is 0 Å². The Morgan fingerprint density at radius 3 is 2.45 bits per heavy atom. The van der Waals surface area contributed by atoms with Crippen LogP contribution in [0.5, 0.6) is 5.75 Å². The number of benzene rings is 2. The number of aryl methyl sites for hydroxylation is 3. The normalized spacial score (nSPS) is 15.0. The lowest BCUT2D eigenvalue weighted by atomic mass is 10.1. The summed E-state index contributed by atoms with van der Waals surface area (Å²) in [5.41, 5.74) is 4.42. The molecule has 0 aliphatic carbocycles. The fourth-order valence-electron chi connectivity index (χ4n) is 3.37. The Morgan fingerprint density at radius 2 is 1.84 bits per heavy atom. The lowest BCUT2D eigenvalue weighted by Crippen LogP contribution is -2.36. The van der Waals surface area contributed by atoms with Gasteiger partial charge in [0.25, 0.3) is 11.1 Å². The molecule has 3 amide bonds. The smallest absolute Gasteiger partial charge is 0.294 e. The van der Waals surface area contributed by atoms with E-state index >= 15 is 0 Å². The van der Waals surface area contributed by atoms with E-state index < -0.39 is 17.1 Å². The highest BCUT2D eigenvalue weighted by molar-refractivity contribution is 9.10. The summed E-state index contributed by atoms with van der Waals surface area (Å²) in [5.74, 6) is -0.193. The van der Waals surface area contributed by atoms with E-state index in [1.165, 1.54) is 0 Å². The first-order valence-electron chi connectivity index (χ1n) is 9.75. The van der Waals surface area contributed by atoms with Gasteiger partial charge in [-0.25, -0.2) is 0 Å². The minimum Gasteiger partial charge on any atom is -0.493 e. The van der Waals surface area contributed by atoms with Crippen LogP contribution in [0, 0.1) is 20.8 Å². The Bertz CT molecular complexity index is 1070. The maximum Gasteiger partial charge on any atom is 0.294 e. The first-order chi connectivity index (χ1) is 14.7. The quantitative estimate of drug-likeness (QED) is 0.531. The van der Waals surface area contributed by atoms with Crippen LogP contribution in [-0.4, -0.2) is 35.1 Å². The van der Waals surface area contributed by atoms with Gasteiger partial charge in [-0.15, -0.1) is 0 Å². The third kappa shape index (κ3) is 5.37. The van der Waals surface area contributed by atoms with Crippen LogP contribution in [0.25, 0.3) is 6.08 Å². The van der Waals surface area contributed by atoms with Gasteiger partial charge < -0.3 is 10.1 Å². The van der Waals surface area contributed by atoms with Gasteiger partial charge in [-0.1, -0.05) is 23.8 Å². The van der Waals surface area contributed by atoms with Gasteiger partial charge in [-0.05, 0) is 90.3 Å². The van der Waals surface area contributed by atoms with Gasteiger partial charge in [-0.3, -0.25) is 19.3 Å². The number of carbonyl (C=O) groups excluding carboxylic acids is 3. The molecule has 1 saturated heterocycles. The van der Waals surface area contributed by atoms with E-state index in [0.717, 1.165) is 43.4 Å². The largest absolute Gasteiger partial charge is 0.493 e. The molecule has 0 atom stereocenters. The summed E-state index contributed by atoms with van der Waals surface area (Å²) in [6.07, 6.45) is 1.64. The molecule has 31 heavy (non-hydrogen) atoms. The average molecular weight is 503 g/mol. The molecule has 2 aromatic rings. The number of thioether (sulfide) groups is 1. The summed E-state index contributed by atoms with van der Waals surface area (Å²) in [6, 6.07) is 9.36. The third-order valence-electron chi connectivity index (χ3n) is 4.67. The number of imide groups is 1. The molecule has 3 rings (SSSR count). The maximum atomic E-state index is 12.7. The Labute approximate surface area is 194 Å². The van der Waals surface area contributed by atoms with Crippen LogP contribution >= 0.6 is 27.7 Å². The second-order valence-electron chi connectivity index (χ2n) is 7.21. The van der Waals surface area contributed by atoms with E-state index in [4.69, 9.17) is 4.74 Å². The Hall–Kier alpha value is -2.58. The predicted molar refractivity (Wildman–Crippen MR) is 127 cm³/mol. The van der Waals surface area contributed by atoms with Crippen LogP contribution in [0.2, 0.25) is 0 Å². The zero-order valence-electron chi connectivity index (χ0n) is 17.7. The number of nitrogens with one attached hydrogen (secondary N) is 1. The van der Waals surface area contributed by atoms with Crippen molar-refractivity contribution in [1.82, 2.24) is 4.90 Å². The van der Waals surface area contributed by atoms with Gasteiger partial charge in [0, 0.05) is 5.69 Å². The molecular formula is C23H23BrN2O4S. The Balaban J connectivity index is 1.72.